The number of nitrogens with one attached hydrogen (secondary N) is 2. The van der Waals surface area contributed by atoms with Crippen LogP contribution in [0, 0.1) is 0 Å². The summed E-state index contributed by atoms with van der Waals surface area (Å²) >= 11 is 6.04. The molecular formula is C16H17ClN4O4. The van der Waals surface area contributed by atoms with Crippen molar-refractivity contribution in [2.45, 2.75) is 26.2 Å². The maximum absolute atomic E-state index is 12.0. The van der Waals surface area contributed by atoms with Gasteiger partial charge in [0.25, 0.3) is 5.56 Å². The lowest BCUT2D eigenvalue weighted by Crippen LogP contribution is -2.31. The number of unbranched alkanes of at least 4 members (excludes halogenated alkanes) is 1. The Bertz CT molecular complexity index is 917. The highest BCUT2D eigenvalue weighted by Gasteiger charge is 2.16. The summed E-state index contributed by atoms with van der Waals surface area (Å²) in [4.78, 5) is 37.5. The summed E-state index contributed by atoms with van der Waals surface area (Å²) in [7, 11) is 0. The second-order valence-electron chi connectivity index (χ2n) is 5.18. The van der Waals surface area contributed by atoms with Crippen molar-refractivity contribution >= 4 is 23.7 Å². The highest BCUT2D eigenvalue weighted by atomic mass is 35.5. The Morgan fingerprint density at radius 1 is 1.40 bits per heavy atom. The van der Waals surface area contributed by atoms with Crippen molar-refractivity contribution in [3.63, 3.8) is 0 Å². The first-order valence-corrected chi connectivity index (χ1v) is 7.98. The van der Waals surface area contributed by atoms with Gasteiger partial charge in [0.1, 0.15) is 5.56 Å². The molecule has 0 saturated carbocycles. The molecule has 2 rings (SSSR count). The molecular weight excluding hydrogens is 348 g/mol. The molecule has 132 valence electrons. The third-order valence-corrected chi connectivity index (χ3v) is 3.67. The quantitative estimate of drug-likeness (QED) is 0.532. The molecule has 1 aromatic heterocycles. The molecule has 0 atom stereocenters. The van der Waals surface area contributed by atoms with Gasteiger partial charge in [-0.15, -0.1) is 0 Å². The van der Waals surface area contributed by atoms with Gasteiger partial charge in [0.2, 0.25) is 11.8 Å². The van der Waals surface area contributed by atoms with Crippen molar-refractivity contribution in [1.29, 1.82) is 0 Å². The fraction of sp³-hybridized carbons (Fsp3) is 0.250. The summed E-state index contributed by atoms with van der Waals surface area (Å²) in [6, 6.07) is 6.33. The van der Waals surface area contributed by atoms with Crippen molar-refractivity contribution < 1.29 is 9.90 Å². The summed E-state index contributed by atoms with van der Waals surface area (Å²) in [5, 5.41) is 14.2. The summed E-state index contributed by atoms with van der Waals surface area (Å²) < 4.78 is 0.851. The zero-order valence-corrected chi connectivity index (χ0v) is 14.2. The van der Waals surface area contributed by atoms with Crippen LogP contribution in [0.1, 0.15) is 31.7 Å². The lowest BCUT2D eigenvalue weighted by Gasteiger charge is -2.10. The predicted octanol–water partition coefficient (Wildman–Crippen LogP) is 1.53. The minimum atomic E-state index is -0.847. The van der Waals surface area contributed by atoms with Gasteiger partial charge in [-0.05, 0) is 18.6 Å². The van der Waals surface area contributed by atoms with Crippen LogP contribution < -0.4 is 16.7 Å². The first-order valence-electron chi connectivity index (χ1n) is 7.60. The van der Waals surface area contributed by atoms with Crippen LogP contribution in [0.15, 0.2) is 39.0 Å². The second-order valence-corrected chi connectivity index (χ2v) is 5.59. The number of aromatic hydroxyl groups is 1. The van der Waals surface area contributed by atoms with Crippen molar-refractivity contribution in [3.05, 3.63) is 55.7 Å². The van der Waals surface area contributed by atoms with Crippen molar-refractivity contribution in [3.8, 4) is 11.6 Å². The Kier molecular flexibility index (Phi) is 6.13. The van der Waals surface area contributed by atoms with E-state index in [4.69, 9.17) is 11.6 Å². The molecule has 0 radical (unpaired) electrons. The molecule has 0 aliphatic carbocycles. The van der Waals surface area contributed by atoms with Gasteiger partial charge in [0.05, 0.1) is 16.9 Å². The van der Waals surface area contributed by atoms with Gasteiger partial charge < -0.3 is 5.11 Å². The Balaban J connectivity index is 2.39. The van der Waals surface area contributed by atoms with Gasteiger partial charge in [-0.1, -0.05) is 37.1 Å². The molecule has 9 heteroatoms. The first kappa shape index (κ1) is 18.5. The number of amides is 1. The smallest absolute Gasteiger partial charge is 0.335 e. The maximum atomic E-state index is 12.0. The Morgan fingerprint density at radius 3 is 2.80 bits per heavy atom. The Hall–Kier alpha value is -2.87. The van der Waals surface area contributed by atoms with Crippen LogP contribution in [0.25, 0.3) is 5.69 Å². The molecule has 1 amide bonds. The van der Waals surface area contributed by atoms with E-state index in [0.717, 1.165) is 17.2 Å². The molecule has 0 spiro atoms. The SMILES string of the molecule is CCCCC(=O)N/N=C/c1c(O)n(-c2ccccc2Cl)c(=O)[nH]c1=O. The van der Waals surface area contributed by atoms with E-state index >= 15 is 0 Å². The zero-order chi connectivity index (χ0) is 18.4. The van der Waals surface area contributed by atoms with Crippen molar-refractivity contribution in [1.82, 2.24) is 15.0 Å². The zero-order valence-electron chi connectivity index (χ0n) is 13.5. The number of hydrogen-bond donors (Lipinski definition) is 3. The van der Waals surface area contributed by atoms with Gasteiger partial charge in [0, 0.05) is 6.42 Å². The average Bonchev–Trinajstić information content (AvgIpc) is 2.57. The lowest BCUT2D eigenvalue weighted by atomic mass is 10.2. The van der Waals surface area contributed by atoms with Gasteiger partial charge in [-0.3, -0.25) is 14.6 Å². The summed E-state index contributed by atoms with van der Waals surface area (Å²) in [5.74, 6) is -0.943. The lowest BCUT2D eigenvalue weighted by molar-refractivity contribution is -0.121. The van der Waals surface area contributed by atoms with Crippen LogP contribution in [0.5, 0.6) is 5.88 Å². The van der Waals surface area contributed by atoms with Crippen LogP contribution in [-0.2, 0) is 4.79 Å². The Labute approximate surface area is 147 Å². The molecule has 0 saturated heterocycles. The minimum absolute atomic E-state index is 0.199. The molecule has 0 unspecified atom stereocenters. The van der Waals surface area contributed by atoms with E-state index in [0.29, 0.717) is 12.8 Å². The number of benzene rings is 1. The monoisotopic (exact) mass is 364 g/mol. The normalized spacial score (nSPS) is 11.0. The van der Waals surface area contributed by atoms with E-state index in [2.05, 4.69) is 15.5 Å². The third kappa shape index (κ3) is 4.36. The summed E-state index contributed by atoms with van der Waals surface area (Å²) in [5.41, 5.74) is 0.492. The van der Waals surface area contributed by atoms with E-state index in [1.165, 1.54) is 12.1 Å². The number of aromatic nitrogens is 2. The van der Waals surface area contributed by atoms with Crippen LogP contribution >= 0.6 is 11.6 Å². The number of hydrogen-bond acceptors (Lipinski definition) is 5. The second kappa shape index (κ2) is 8.29. The molecule has 3 N–H and O–H groups in total. The molecule has 0 bridgehead atoms. The highest BCUT2D eigenvalue weighted by Crippen LogP contribution is 2.22. The molecule has 25 heavy (non-hydrogen) atoms. The number of carbonyl (C=O) groups is 1. The standard InChI is InChI=1S/C16H17ClN4O4/c1-2-3-8-13(22)20-18-9-10-14(23)19-16(25)21(15(10)24)12-7-5-4-6-11(12)17/h4-7,9,24H,2-3,8H2,1H3,(H,20,22)(H,19,23,25)/b18-9+. The maximum Gasteiger partial charge on any atom is 0.335 e. The van der Waals surface area contributed by atoms with Gasteiger partial charge in [0.15, 0.2) is 0 Å². The predicted molar refractivity (Wildman–Crippen MR) is 94.6 cm³/mol. The largest absolute Gasteiger partial charge is 0.493 e. The van der Waals surface area contributed by atoms with Gasteiger partial charge >= 0.3 is 5.69 Å². The molecule has 1 aromatic carbocycles. The molecule has 0 fully saturated rings. The molecule has 0 aliphatic heterocycles. The minimum Gasteiger partial charge on any atom is -0.493 e. The van der Waals surface area contributed by atoms with Gasteiger partial charge in [-0.2, -0.15) is 5.10 Å². The molecule has 1 heterocycles. The highest BCUT2D eigenvalue weighted by molar-refractivity contribution is 6.32. The molecule has 8 nitrogen and oxygen atoms in total. The number of carbonyl (C=O) groups excluding carboxylic acids is 1. The summed E-state index contributed by atoms with van der Waals surface area (Å²) in [6.45, 7) is 1.95. The van der Waals surface area contributed by atoms with E-state index in [9.17, 15) is 19.5 Å². The van der Waals surface area contributed by atoms with Crippen molar-refractivity contribution in [2.75, 3.05) is 0 Å². The molecule has 2 aromatic rings. The van der Waals surface area contributed by atoms with E-state index in [1.54, 1.807) is 12.1 Å². The fourth-order valence-corrected chi connectivity index (χ4v) is 2.29. The number of para-hydroxylation sites is 1. The average molecular weight is 365 g/mol. The van der Waals surface area contributed by atoms with Crippen molar-refractivity contribution in [2.24, 2.45) is 5.10 Å². The van der Waals surface area contributed by atoms with E-state index in [-0.39, 0.29) is 22.2 Å². The number of nitrogens with zero attached hydrogens (tertiary/aromatic N) is 2. The number of rotatable bonds is 6. The van der Waals surface area contributed by atoms with Crippen LogP contribution in [0.3, 0.4) is 0 Å². The topological polar surface area (TPSA) is 117 Å². The van der Waals surface area contributed by atoms with Crippen LogP contribution in [0.2, 0.25) is 5.02 Å². The van der Waals surface area contributed by atoms with E-state index < -0.39 is 17.1 Å². The fourth-order valence-electron chi connectivity index (χ4n) is 2.07. The summed E-state index contributed by atoms with van der Waals surface area (Å²) in [6.07, 6.45) is 2.85. The third-order valence-electron chi connectivity index (χ3n) is 3.35. The first-order chi connectivity index (χ1) is 12.0. The van der Waals surface area contributed by atoms with Crippen LogP contribution in [0.4, 0.5) is 0 Å². The number of hydrazone groups is 1. The van der Waals surface area contributed by atoms with Gasteiger partial charge in [-0.25, -0.2) is 14.8 Å². The van der Waals surface area contributed by atoms with E-state index in [1.807, 2.05) is 6.92 Å². The number of halogens is 1. The van der Waals surface area contributed by atoms with Crippen LogP contribution in [-0.4, -0.2) is 26.8 Å². The Morgan fingerprint density at radius 2 is 2.12 bits per heavy atom. The molecule has 0 aliphatic rings. The number of aromatic amines is 1. The number of H-pyrrole nitrogens is 1.